The molecule has 2 aromatic carbocycles. The summed E-state index contributed by atoms with van der Waals surface area (Å²) in [5, 5.41) is 2.85. The second kappa shape index (κ2) is 7.70. The second-order valence-electron chi connectivity index (χ2n) is 6.83. The second-order valence-corrected chi connectivity index (χ2v) is 6.83. The molecule has 0 atom stereocenters. The molecular weight excluding hydrogens is 344 g/mol. The van der Waals surface area contributed by atoms with E-state index in [1.165, 1.54) is 17.4 Å². The molecule has 0 spiro atoms. The summed E-state index contributed by atoms with van der Waals surface area (Å²) >= 11 is 0. The first-order valence-corrected chi connectivity index (χ1v) is 9.34. The summed E-state index contributed by atoms with van der Waals surface area (Å²) in [5.74, 6) is 0.227. The molecule has 27 heavy (non-hydrogen) atoms. The number of carbonyl (C=O) groups excluding carboxylic acids is 1. The Kier molecular flexibility index (Phi) is 4.96. The summed E-state index contributed by atoms with van der Waals surface area (Å²) in [4.78, 5) is 24.2. The molecule has 1 aliphatic carbocycles. The molecule has 0 radical (unpaired) electrons. The van der Waals surface area contributed by atoms with E-state index < -0.39 is 5.76 Å². The van der Waals surface area contributed by atoms with Crippen LogP contribution in [0.15, 0.2) is 57.7 Å². The molecule has 0 aliphatic heterocycles. The van der Waals surface area contributed by atoms with E-state index in [0.717, 1.165) is 18.6 Å². The van der Waals surface area contributed by atoms with Gasteiger partial charge in [-0.05, 0) is 62.1 Å². The summed E-state index contributed by atoms with van der Waals surface area (Å²) in [6.45, 7) is 0.268. The molecule has 0 unspecified atom stereocenters. The number of oxazole rings is 1. The maximum absolute atomic E-state index is 12.2. The first-order valence-electron chi connectivity index (χ1n) is 9.34. The van der Waals surface area contributed by atoms with E-state index in [1.54, 1.807) is 12.1 Å². The van der Waals surface area contributed by atoms with Gasteiger partial charge in [-0.25, -0.2) is 4.79 Å². The molecular formula is C21H22N2O4. The molecule has 1 aromatic heterocycles. The van der Waals surface area contributed by atoms with Crippen LogP contribution in [0.2, 0.25) is 0 Å². The monoisotopic (exact) mass is 366 g/mol. The molecule has 1 N–H and O–H groups in total. The predicted octanol–water partition coefficient (Wildman–Crippen LogP) is 3.94. The highest BCUT2D eigenvalue weighted by molar-refractivity contribution is 5.90. The molecule has 4 rings (SSSR count). The number of benzene rings is 2. The zero-order valence-corrected chi connectivity index (χ0v) is 15.0. The molecule has 3 aromatic rings. The van der Waals surface area contributed by atoms with Gasteiger partial charge in [0.2, 0.25) is 5.91 Å². The number of fused-ring (bicyclic) bond motifs is 1. The van der Waals surface area contributed by atoms with Crippen LogP contribution in [0.25, 0.3) is 11.1 Å². The first kappa shape index (κ1) is 17.4. The van der Waals surface area contributed by atoms with Crippen molar-refractivity contribution in [3.8, 4) is 5.75 Å². The lowest BCUT2D eigenvalue weighted by Gasteiger charge is -2.13. The fourth-order valence-corrected chi connectivity index (χ4v) is 3.48. The molecule has 1 aliphatic rings. The molecule has 140 valence electrons. The number of nitrogens with one attached hydrogen (secondary N) is 1. The maximum atomic E-state index is 12.2. The van der Waals surface area contributed by atoms with Crippen LogP contribution >= 0.6 is 0 Å². The standard InChI is InChI=1S/C21H22N2O4/c24-20(13-14-23-18-7-3-4-8-19(18)27-21(23)25)22-15-9-11-17(12-10-15)26-16-5-1-2-6-16/h3-4,7-12,16H,1-2,5-6,13-14H2,(H,22,24). The van der Waals surface area contributed by atoms with Crippen LogP contribution in [0, 0.1) is 0 Å². The van der Waals surface area contributed by atoms with Gasteiger partial charge in [0.1, 0.15) is 5.75 Å². The van der Waals surface area contributed by atoms with Crippen molar-refractivity contribution in [2.24, 2.45) is 0 Å². The van der Waals surface area contributed by atoms with Crippen LogP contribution in [-0.4, -0.2) is 16.6 Å². The van der Waals surface area contributed by atoms with Gasteiger partial charge in [-0.3, -0.25) is 9.36 Å². The molecule has 0 saturated heterocycles. The molecule has 6 heteroatoms. The lowest BCUT2D eigenvalue weighted by atomic mass is 10.2. The van der Waals surface area contributed by atoms with Crippen molar-refractivity contribution in [1.29, 1.82) is 0 Å². The quantitative estimate of drug-likeness (QED) is 0.717. The third-order valence-electron chi connectivity index (χ3n) is 4.88. The number of hydrogen-bond donors (Lipinski definition) is 1. The van der Waals surface area contributed by atoms with E-state index >= 15 is 0 Å². The Bertz CT molecular complexity index is 981. The summed E-state index contributed by atoms with van der Waals surface area (Å²) < 4.78 is 12.6. The highest BCUT2D eigenvalue weighted by Gasteiger charge is 2.16. The van der Waals surface area contributed by atoms with Crippen molar-refractivity contribution in [1.82, 2.24) is 4.57 Å². The smallest absolute Gasteiger partial charge is 0.419 e. The lowest BCUT2D eigenvalue weighted by molar-refractivity contribution is -0.116. The number of aryl methyl sites for hydroxylation is 1. The van der Waals surface area contributed by atoms with Gasteiger partial charge in [-0.1, -0.05) is 12.1 Å². The van der Waals surface area contributed by atoms with Crippen LogP contribution in [0.5, 0.6) is 5.75 Å². The topological polar surface area (TPSA) is 73.5 Å². The maximum Gasteiger partial charge on any atom is 0.419 e. The van der Waals surface area contributed by atoms with E-state index in [2.05, 4.69) is 5.32 Å². The zero-order chi connectivity index (χ0) is 18.6. The molecule has 1 amide bonds. The van der Waals surface area contributed by atoms with Crippen molar-refractivity contribution >= 4 is 22.7 Å². The minimum Gasteiger partial charge on any atom is -0.490 e. The summed E-state index contributed by atoms with van der Waals surface area (Å²) in [7, 11) is 0. The highest BCUT2D eigenvalue weighted by Crippen LogP contribution is 2.25. The number of hydrogen-bond acceptors (Lipinski definition) is 4. The number of ether oxygens (including phenoxy) is 1. The summed E-state index contributed by atoms with van der Waals surface area (Å²) in [5.41, 5.74) is 1.94. The minimum absolute atomic E-state index is 0.156. The predicted molar refractivity (Wildman–Crippen MR) is 103 cm³/mol. The molecule has 1 heterocycles. The Morgan fingerprint density at radius 2 is 1.85 bits per heavy atom. The third-order valence-corrected chi connectivity index (χ3v) is 4.88. The van der Waals surface area contributed by atoms with Crippen LogP contribution in [-0.2, 0) is 11.3 Å². The zero-order valence-electron chi connectivity index (χ0n) is 15.0. The number of para-hydroxylation sites is 2. The van der Waals surface area contributed by atoms with Gasteiger partial charge in [0, 0.05) is 18.7 Å². The van der Waals surface area contributed by atoms with Gasteiger partial charge in [-0.15, -0.1) is 0 Å². The number of carbonyl (C=O) groups is 1. The molecule has 6 nitrogen and oxygen atoms in total. The van der Waals surface area contributed by atoms with Gasteiger partial charge in [-0.2, -0.15) is 0 Å². The van der Waals surface area contributed by atoms with Crippen LogP contribution in [0.1, 0.15) is 32.1 Å². The fraction of sp³-hybridized carbons (Fsp3) is 0.333. The van der Waals surface area contributed by atoms with E-state index in [1.807, 2.05) is 36.4 Å². The first-order chi connectivity index (χ1) is 13.2. The van der Waals surface area contributed by atoms with Crippen molar-refractivity contribution in [3.05, 3.63) is 59.1 Å². The SMILES string of the molecule is O=C(CCn1c(=O)oc2ccccc21)Nc1ccc(OC2CCCC2)cc1. The van der Waals surface area contributed by atoms with Gasteiger partial charge < -0.3 is 14.5 Å². The third kappa shape index (κ3) is 4.05. The number of anilines is 1. The molecule has 0 bridgehead atoms. The van der Waals surface area contributed by atoms with Gasteiger partial charge in [0.05, 0.1) is 11.6 Å². The van der Waals surface area contributed by atoms with E-state index in [9.17, 15) is 9.59 Å². The van der Waals surface area contributed by atoms with Gasteiger partial charge in [0.15, 0.2) is 5.58 Å². The molecule has 1 saturated carbocycles. The van der Waals surface area contributed by atoms with E-state index in [-0.39, 0.29) is 18.9 Å². The Hall–Kier alpha value is -3.02. The van der Waals surface area contributed by atoms with Crippen LogP contribution in [0.3, 0.4) is 0 Å². The van der Waals surface area contributed by atoms with Crippen LogP contribution < -0.4 is 15.8 Å². The Balaban J connectivity index is 1.33. The summed E-state index contributed by atoms with van der Waals surface area (Å²) in [6, 6.07) is 14.6. The highest BCUT2D eigenvalue weighted by atomic mass is 16.5. The number of nitrogens with zero attached hydrogens (tertiary/aromatic N) is 1. The van der Waals surface area contributed by atoms with Gasteiger partial charge in [0.25, 0.3) is 0 Å². The lowest BCUT2D eigenvalue weighted by Crippen LogP contribution is -2.19. The Morgan fingerprint density at radius 3 is 2.63 bits per heavy atom. The van der Waals surface area contributed by atoms with Crippen molar-refractivity contribution < 1.29 is 13.9 Å². The van der Waals surface area contributed by atoms with E-state index in [0.29, 0.717) is 22.9 Å². The number of aromatic nitrogens is 1. The normalized spacial score (nSPS) is 14.5. The fourth-order valence-electron chi connectivity index (χ4n) is 3.48. The number of amides is 1. The minimum atomic E-state index is -0.447. The summed E-state index contributed by atoms with van der Waals surface area (Å²) in [6.07, 6.45) is 5.18. The Labute approximate surface area is 156 Å². The van der Waals surface area contributed by atoms with Crippen molar-refractivity contribution in [2.45, 2.75) is 44.8 Å². The Morgan fingerprint density at radius 1 is 1.11 bits per heavy atom. The van der Waals surface area contributed by atoms with Crippen molar-refractivity contribution in [3.63, 3.8) is 0 Å². The number of rotatable bonds is 6. The van der Waals surface area contributed by atoms with Gasteiger partial charge >= 0.3 is 5.76 Å². The molecule has 1 fully saturated rings. The van der Waals surface area contributed by atoms with E-state index in [4.69, 9.17) is 9.15 Å². The van der Waals surface area contributed by atoms with Crippen LogP contribution in [0.4, 0.5) is 5.69 Å². The average Bonchev–Trinajstić information content (AvgIpc) is 3.28. The largest absolute Gasteiger partial charge is 0.490 e. The van der Waals surface area contributed by atoms with Crippen molar-refractivity contribution in [2.75, 3.05) is 5.32 Å². The average molecular weight is 366 g/mol.